The molecule has 1 saturated heterocycles. The van der Waals surface area contributed by atoms with E-state index in [2.05, 4.69) is 48.1 Å². The van der Waals surface area contributed by atoms with Gasteiger partial charge in [-0.3, -0.25) is 0 Å². The van der Waals surface area contributed by atoms with Crippen molar-refractivity contribution in [3.05, 3.63) is 29.8 Å². The predicted octanol–water partition coefficient (Wildman–Crippen LogP) is 2.81. The largest absolute Gasteiger partial charge is 0.315 e. The summed E-state index contributed by atoms with van der Waals surface area (Å²) in [6.45, 7) is 4.53. The zero-order valence-electron chi connectivity index (χ0n) is 10.7. The van der Waals surface area contributed by atoms with Gasteiger partial charge in [0.1, 0.15) is 0 Å². The Morgan fingerprint density at radius 3 is 2.71 bits per heavy atom. The first-order valence-corrected chi connectivity index (χ1v) is 7.63. The molecule has 1 fully saturated rings. The fraction of sp³-hybridized carbons (Fsp3) is 0.571. The molecule has 1 aromatic carbocycles. The van der Waals surface area contributed by atoms with Gasteiger partial charge in [0.2, 0.25) is 0 Å². The summed E-state index contributed by atoms with van der Waals surface area (Å²) in [5, 5.41) is 7.15. The van der Waals surface area contributed by atoms with Crippen LogP contribution in [0.3, 0.4) is 0 Å². The number of piperidine rings is 1. The van der Waals surface area contributed by atoms with Crippen molar-refractivity contribution in [3.63, 3.8) is 0 Å². The highest BCUT2D eigenvalue weighted by Gasteiger charge is 2.15. The fourth-order valence-electron chi connectivity index (χ4n) is 2.34. The first-order valence-electron chi connectivity index (χ1n) is 6.40. The average molecular weight is 250 g/mol. The van der Waals surface area contributed by atoms with Crippen LogP contribution < -0.4 is 10.6 Å². The lowest BCUT2D eigenvalue weighted by atomic mass is 10.0. The molecular weight excluding hydrogens is 228 g/mol. The van der Waals surface area contributed by atoms with Crippen molar-refractivity contribution in [2.45, 2.75) is 36.7 Å². The minimum atomic E-state index is 0.441. The minimum Gasteiger partial charge on any atom is -0.315 e. The number of hydrogen-bond acceptors (Lipinski definition) is 3. The second-order valence-corrected chi connectivity index (χ2v) is 5.58. The molecule has 0 saturated carbocycles. The minimum absolute atomic E-state index is 0.441. The Hall–Kier alpha value is -0.510. The van der Waals surface area contributed by atoms with Crippen LogP contribution >= 0.6 is 11.8 Å². The molecule has 0 amide bonds. The van der Waals surface area contributed by atoms with Gasteiger partial charge in [0.25, 0.3) is 0 Å². The normalized spacial score (nSPS) is 22.4. The number of rotatable bonds is 4. The van der Waals surface area contributed by atoms with Gasteiger partial charge in [-0.15, -0.1) is 11.8 Å². The van der Waals surface area contributed by atoms with Crippen molar-refractivity contribution in [3.8, 4) is 0 Å². The number of thioether (sulfide) groups is 1. The topological polar surface area (TPSA) is 24.1 Å². The van der Waals surface area contributed by atoms with E-state index in [0.717, 1.165) is 6.54 Å². The lowest BCUT2D eigenvalue weighted by Gasteiger charge is -2.27. The molecule has 0 aromatic heterocycles. The lowest BCUT2D eigenvalue weighted by Crippen LogP contribution is -2.43. The maximum Gasteiger partial charge on any atom is 0.0294 e. The molecule has 17 heavy (non-hydrogen) atoms. The number of benzene rings is 1. The van der Waals surface area contributed by atoms with E-state index in [1.165, 1.54) is 29.8 Å². The molecule has 0 radical (unpaired) electrons. The summed E-state index contributed by atoms with van der Waals surface area (Å²) in [5.41, 5.74) is 1.38. The molecule has 1 aromatic rings. The fourth-order valence-corrected chi connectivity index (χ4v) is 2.74. The van der Waals surface area contributed by atoms with E-state index in [4.69, 9.17) is 0 Å². The van der Waals surface area contributed by atoms with Crippen molar-refractivity contribution < 1.29 is 0 Å². The van der Waals surface area contributed by atoms with Crippen LogP contribution in [0.1, 0.15) is 31.4 Å². The number of hydrogen-bond donors (Lipinski definition) is 2. The van der Waals surface area contributed by atoms with Gasteiger partial charge < -0.3 is 10.6 Å². The Morgan fingerprint density at radius 2 is 2.12 bits per heavy atom. The highest BCUT2D eigenvalue weighted by Crippen LogP contribution is 2.19. The van der Waals surface area contributed by atoms with E-state index in [1.807, 2.05) is 0 Å². The summed E-state index contributed by atoms with van der Waals surface area (Å²) in [4.78, 5) is 1.33. The van der Waals surface area contributed by atoms with Crippen LogP contribution in [0.2, 0.25) is 0 Å². The molecule has 2 nitrogen and oxygen atoms in total. The second-order valence-electron chi connectivity index (χ2n) is 4.70. The Bertz CT molecular complexity index is 331. The summed E-state index contributed by atoms with van der Waals surface area (Å²) >= 11 is 1.79. The predicted molar refractivity (Wildman–Crippen MR) is 75.7 cm³/mol. The molecule has 2 atom stereocenters. The highest BCUT2D eigenvalue weighted by molar-refractivity contribution is 7.98. The Kier molecular flexibility index (Phi) is 4.89. The van der Waals surface area contributed by atoms with E-state index in [-0.39, 0.29) is 0 Å². The van der Waals surface area contributed by atoms with Gasteiger partial charge in [0.05, 0.1) is 0 Å². The smallest absolute Gasteiger partial charge is 0.0294 e. The SMILES string of the molecule is CSc1ccc(C(C)NC2CCCNC2)cc1. The van der Waals surface area contributed by atoms with Crippen molar-refractivity contribution in [1.29, 1.82) is 0 Å². The van der Waals surface area contributed by atoms with E-state index in [1.54, 1.807) is 11.8 Å². The lowest BCUT2D eigenvalue weighted by molar-refractivity contribution is 0.362. The van der Waals surface area contributed by atoms with Gasteiger partial charge in [-0.2, -0.15) is 0 Å². The van der Waals surface area contributed by atoms with Crippen LogP contribution in [0.4, 0.5) is 0 Å². The first kappa shape index (κ1) is 12.9. The van der Waals surface area contributed by atoms with Crippen molar-refractivity contribution >= 4 is 11.8 Å². The second kappa shape index (κ2) is 6.43. The van der Waals surface area contributed by atoms with E-state index in [9.17, 15) is 0 Å². The molecular formula is C14H22N2S. The van der Waals surface area contributed by atoms with Gasteiger partial charge in [-0.05, 0) is 50.3 Å². The first-order chi connectivity index (χ1) is 8.29. The summed E-state index contributed by atoms with van der Waals surface area (Å²) in [5.74, 6) is 0. The van der Waals surface area contributed by atoms with Gasteiger partial charge in [-0.1, -0.05) is 12.1 Å². The van der Waals surface area contributed by atoms with Gasteiger partial charge in [0, 0.05) is 23.5 Å². The zero-order valence-corrected chi connectivity index (χ0v) is 11.5. The van der Waals surface area contributed by atoms with Crippen LogP contribution in [0.15, 0.2) is 29.2 Å². The molecule has 1 aliphatic rings. The Balaban J connectivity index is 1.91. The van der Waals surface area contributed by atoms with E-state index in [0.29, 0.717) is 12.1 Å². The maximum atomic E-state index is 3.70. The Labute approximate surface area is 109 Å². The van der Waals surface area contributed by atoms with Gasteiger partial charge in [-0.25, -0.2) is 0 Å². The average Bonchev–Trinajstić information content (AvgIpc) is 2.40. The standard InChI is InChI=1S/C14H22N2S/c1-11(16-13-4-3-9-15-10-13)12-5-7-14(17-2)8-6-12/h5-8,11,13,15-16H,3-4,9-10H2,1-2H3. The van der Waals surface area contributed by atoms with E-state index >= 15 is 0 Å². The molecule has 0 bridgehead atoms. The molecule has 3 heteroatoms. The monoisotopic (exact) mass is 250 g/mol. The summed E-state index contributed by atoms with van der Waals surface area (Å²) < 4.78 is 0. The molecule has 2 rings (SSSR count). The van der Waals surface area contributed by atoms with Gasteiger partial charge in [0.15, 0.2) is 0 Å². The summed E-state index contributed by atoms with van der Waals surface area (Å²) in [7, 11) is 0. The molecule has 2 N–H and O–H groups in total. The van der Waals surface area contributed by atoms with Gasteiger partial charge >= 0.3 is 0 Å². The third-order valence-corrected chi connectivity index (χ3v) is 4.14. The summed E-state index contributed by atoms with van der Waals surface area (Å²) in [6.07, 6.45) is 4.69. The van der Waals surface area contributed by atoms with Crippen molar-refractivity contribution in [1.82, 2.24) is 10.6 Å². The molecule has 94 valence electrons. The zero-order chi connectivity index (χ0) is 12.1. The third kappa shape index (κ3) is 3.73. The molecule has 1 heterocycles. The number of nitrogens with one attached hydrogen (secondary N) is 2. The molecule has 2 unspecified atom stereocenters. The van der Waals surface area contributed by atoms with Crippen LogP contribution in [0.25, 0.3) is 0 Å². The maximum absolute atomic E-state index is 3.70. The molecule has 1 aliphatic heterocycles. The highest BCUT2D eigenvalue weighted by atomic mass is 32.2. The van der Waals surface area contributed by atoms with Crippen molar-refractivity contribution in [2.24, 2.45) is 0 Å². The third-order valence-electron chi connectivity index (χ3n) is 3.40. The quantitative estimate of drug-likeness (QED) is 0.804. The van der Waals surface area contributed by atoms with Crippen LogP contribution in [0.5, 0.6) is 0 Å². The van der Waals surface area contributed by atoms with Crippen LogP contribution in [-0.4, -0.2) is 25.4 Å². The Morgan fingerprint density at radius 1 is 1.35 bits per heavy atom. The van der Waals surface area contributed by atoms with E-state index < -0.39 is 0 Å². The van der Waals surface area contributed by atoms with Crippen molar-refractivity contribution in [2.75, 3.05) is 19.3 Å². The van der Waals surface area contributed by atoms with Crippen LogP contribution in [-0.2, 0) is 0 Å². The van der Waals surface area contributed by atoms with Crippen LogP contribution in [0, 0.1) is 0 Å². The molecule has 0 aliphatic carbocycles. The molecule has 0 spiro atoms. The summed E-state index contributed by atoms with van der Waals surface area (Å²) in [6, 6.07) is 9.95.